The van der Waals surface area contributed by atoms with E-state index >= 15 is 0 Å². The molecule has 2 aliphatic rings. The number of hydrogen-bond donors (Lipinski definition) is 1. The van der Waals surface area contributed by atoms with E-state index in [1.807, 2.05) is 42.5 Å². The Balaban J connectivity index is 1.64. The molecule has 2 aromatic rings. The van der Waals surface area contributed by atoms with Crippen molar-refractivity contribution in [3.63, 3.8) is 0 Å². The van der Waals surface area contributed by atoms with E-state index in [-0.39, 0.29) is 24.4 Å². The maximum atomic E-state index is 13.0. The molecule has 1 N–H and O–H groups in total. The fraction of sp³-hybridized carbons (Fsp3) is 0.200. The van der Waals surface area contributed by atoms with Gasteiger partial charge in [0.05, 0.1) is 10.6 Å². The van der Waals surface area contributed by atoms with Gasteiger partial charge in [0, 0.05) is 16.0 Å². The third-order valence-corrected chi connectivity index (χ3v) is 5.57. The van der Waals surface area contributed by atoms with Crippen molar-refractivity contribution in [3.8, 4) is 0 Å². The predicted octanol–water partition coefficient (Wildman–Crippen LogP) is 4.10. The molecule has 2 amide bonds. The molecule has 4 nitrogen and oxygen atoms in total. The third kappa shape index (κ3) is 3.79. The number of fused-ring (bicyclic) bond motifs is 1. The van der Waals surface area contributed by atoms with Crippen LogP contribution in [0.4, 0.5) is 5.69 Å². The van der Waals surface area contributed by atoms with Crippen molar-refractivity contribution >= 4 is 46.9 Å². The van der Waals surface area contributed by atoms with Gasteiger partial charge in [-0.15, -0.1) is 0 Å². The molecule has 0 spiro atoms. The van der Waals surface area contributed by atoms with E-state index in [0.717, 1.165) is 29.0 Å². The van der Waals surface area contributed by atoms with Crippen molar-refractivity contribution in [1.29, 1.82) is 0 Å². The molecular weight excluding hydrogens is 368 g/mol. The molecule has 4 rings (SSSR count). The van der Waals surface area contributed by atoms with E-state index in [0.29, 0.717) is 9.93 Å². The molecule has 0 unspecified atom stereocenters. The zero-order valence-corrected chi connectivity index (χ0v) is 15.5. The van der Waals surface area contributed by atoms with Gasteiger partial charge in [0.1, 0.15) is 6.54 Å². The van der Waals surface area contributed by atoms with Gasteiger partial charge in [0.25, 0.3) is 5.91 Å². The first-order chi connectivity index (χ1) is 12.6. The van der Waals surface area contributed by atoms with Gasteiger partial charge < -0.3 is 5.32 Å². The largest absolute Gasteiger partial charge is 0.352 e. The minimum absolute atomic E-state index is 0.0326. The van der Waals surface area contributed by atoms with E-state index in [1.165, 1.54) is 11.8 Å². The minimum atomic E-state index is -0.158. The van der Waals surface area contributed by atoms with Crippen molar-refractivity contribution in [2.24, 2.45) is 0 Å². The van der Waals surface area contributed by atoms with Crippen LogP contribution in [0.3, 0.4) is 0 Å². The molecular formula is C20H17ClN2O2S. The van der Waals surface area contributed by atoms with Gasteiger partial charge in [-0.1, -0.05) is 47.6 Å². The Hall–Kier alpha value is -2.24. The van der Waals surface area contributed by atoms with E-state index in [1.54, 1.807) is 17.0 Å². The van der Waals surface area contributed by atoms with E-state index in [2.05, 4.69) is 5.32 Å². The number of benzene rings is 2. The second-order valence-electron chi connectivity index (χ2n) is 6.36. The minimum Gasteiger partial charge on any atom is -0.352 e. The highest BCUT2D eigenvalue weighted by atomic mass is 35.5. The summed E-state index contributed by atoms with van der Waals surface area (Å²) >= 11 is 7.36. The van der Waals surface area contributed by atoms with Crippen LogP contribution in [0.15, 0.2) is 58.3 Å². The average molecular weight is 385 g/mol. The van der Waals surface area contributed by atoms with E-state index in [4.69, 9.17) is 11.6 Å². The Kier molecular flexibility index (Phi) is 4.74. The number of para-hydroxylation sites is 1. The lowest BCUT2D eigenvalue weighted by Crippen LogP contribution is -2.43. The van der Waals surface area contributed by atoms with Gasteiger partial charge in [-0.05, 0) is 48.7 Å². The molecule has 0 saturated heterocycles. The highest BCUT2D eigenvalue weighted by Gasteiger charge is 2.31. The molecule has 2 aromatic carbocycles. The van der Waals surface area contributed by atoms with Crippen LogP contribution in [-0.2, 0) is 9.59 Å². The number of amides is 2. The highest BCUT2D eigenvalue weighted by molar-refractivity contribution is 8.04. The number of rotatable bonds is 4. The van der Waals surface area contributed by atoms with Crippen LogP contribution in [0.5, 0.6) is 0 Å². The fourth-order valence-electron chi connectivity index (χ4n) is 2.77. The zero-order chi connectivity index (χ0) is 18.1. The lowest BCUT2D eigenvalue weighted by Gasteiger charge is -2.29. The SMILES string of the molecule is O=C(CN1C(=O)C(=Cc2ccc(Cl)cc2)Sc2ccccc21)NC1CC1. The Morgan fingerprint density at radius 1 is 1.19 bits per heavy atom. The molecule has 0 radical (unpaired) electrons. The van der Waals surface area contributed by atoms with Crippen LogP contribution in [-0.4, -0.2) is 24.4 Å². The van der Waals surface area contributed by atoms with Gasteiger partial charge in [0.2, 0.25) is 5.91 Å². The fourth-order valence-corrected chi connectivity index (χ4v) is 3.96. The number of anilines is 1. The van der Waals surface area contributed by atoms with Crippen LogP contribution in [0.1, 0.15) is 18.4 Å². The van der Waals surface area contributed by atoms with Gasteiger partial charge >= 0.3 is 0 Å². The molecule has 1 saturated carbocycles. The number of thioether (sulfide) groups is 1. The smallest absolute Gasteiger partial charge is 0.265 e. The molecule has 0 bridgehead atoms. The van der Waals surface area contributed by atoms with Gasteiger partial charge in [-0.3, -0.25) is 14.5 Å². The summed E-state index contributed by atoms with van der Waals surface area (Å²) in [4.78, 5) is 28.4. The molecule has 132 valence electrons. The van der Waals surface area contributed by atoms with Crippen molar-refractivity contribution in [3.05, 3.63) is 64.0 Å². The summed E-state index contributed by atoms with van der Waals surface area (Å²) in [7, 11) is 0. The summed E-state index contributed by atoms with van der Waals surface area (Å²) in [6, 6.07) is 15.3. The van der Waals surface area contributed by atoms with Crippen molar-refractivity contribution < 1.29 is 9.59 Å². The van der Waals surface area contributed by atoms with Crippen LogP contribution < -0.4 is 10.2 Å². The number of halogens is 1. The number of carbonyl (C=O) groups is 2. The quantitative estimate of drug-likeness (QED) is 0.807. The standard InChI is InChI=1S/C20H17ClN2O2S/c21-14-7-5-13(6-8-14)11-18-20(25)23(12-19(24)22-15-9-10-15)16-3-1-2-4-17(16)26-18/h1-8,11,15H,9-10,12H2,(H,22,24). The summed E-state index contributed by atoms with van der Waals surface area (Å²) < 4.78 is 0. The van der Waals surface area contributed by atoms with Crippen molar-refractivity contribution in [2.45, 2.75) is 23.8 Å². The zero-order valence-electron chi connectivity index (χ0n) is 13.9. The Morgan fingerprint density at radius 2 is 1.92 bits per heavy atom. The maximum Gasteiger partial charge on any atom is 0.265 e. The molecule has 1 aliphatic heterocycles. The van der Waals surface area contributed by atoms with E-state index in [9.17, 15) is 9.59 Å². The van der Waals surface area contributed by atoms with E-state index < -0.39 is 0 Å². The van der Waals surface area contributed by atoms with Gasteiger partial charge in [-0.25, -0.2) is 0 Å². The summed E-state index contributed by atoms with van der Waals surface area (Å²) in [6.07, 6.45) is 3.88. The number of nitrogens with one attached hydrogen (secondary N) is 1. The summed E-state index contributed by atoms with van der Waals surface area (Å²) in [5.74, 6) is -0.275. The molecule has 0 aromatic heterocycles. The number of hydrogen-bond acceptors (Lipinski definition) is 3. The first kappa shape index (κ1) is 17.2. The van der Waals surface area contributed by atoms with Crippen molar-refractivity contribution in [1.82, 2.24) is 5.32 Å². The number of nitrogens with zero attached hydrogens (tertiary/aromatic N) is 1. The summed E-state index contributed by atoms with van der Waals surface area (Å²) in [6.45, 7) is 0.0326. The Morgan fingerprint density at radius 3 is 2.65 bits per heavy atom. The van der Waals surface area contributed by atoms with Crippen LogP contribution in [0.25, 0.3) is 6.08 Å². The van der Waals surface area contributed by atoms with Crippen LogP contribution in [0.2, 0.25) is 5.02 Å². The second-order valence-corrected chi connectivity index (χ2v) is 7.88. The molecule has 1 fully saturated rings. The summed E-state index contributed by atoms with van der Waals surface area (Å²) in [5, 5.41) is 3.60. The lowest BCUT2D eigenvalue weighted by atomic mass is 10.2. The Bertz CT molecular complexity index is 891. The summed E-state index contributed by atoms with van der Waals surface area (Å²) in [5.41, 5.74) is 1.67. The van der Waals surface area contributed by atoms with Crippen LogP contribution in [0, 0.1) is 0 Å². The molecule has 1 aliphatic carbocycles. The third-order valence-electron chi connectivity index (χ3n) is 4.24. The lowest BCUT2D eigenvalue weighted by molar-refractivity contribution is -0.122. The first-order valence-electron chi connectivity index (χ1n) is 8.45. The topological polar surface area (TPSA) is 49.4 Å². The molecule has 6 heteroatoms. The monoisotopic (exact) mass is 384 g/mol. The Labute approximate surface area is 161 Å². The molecule has 26 heavy (non-hydrogen) atoms. The number of carbonyl (C=O) groups excluding carboxylic acids is 2. The normalized spacial score (nSPS) is 18.0. The predicted molar refractivity (Wildman–Crippen MR) is 105 cm³/mol. The maximum absolute atomic E-state index is 13.0. The van der Waals surface area contributed by atoms with Gasteiger partial charge in [-0.2, -0.15) is 0 Å². The second kappa shape index (κ2) is 7.17. The highest BCUT2D eigenvalue weighted by Crippen LogP contribution is 2.42. The average Bonchev–Trinajstić information content (AvgIpc) is 3.44. The molecule has 0 atom stereocenters. The first-order valence-corrected chi connectivity index (χ1v) is 9.65. The van der Waals surface area contributed by atoms with Crippen LogP contribution >= 0.6 is 23.4 Å². The van der Waals surface area contributed by atoms with Crippen molar-refractivity contribution in [2.75, 3.05) is 11.4 Å². The van der Waals surface area contributed by atoms with Gasteiger partial charge in [0.15, 0.2) is 0 Å². The molecule has 1 heterocycles.